The number of aryl methyl sites for hydroxylation is 2. The topological polar surface area (TPSA) is 54.1 Å². The lowest BCUT2D eigenvalue weighted by atomic mass is 9.97. The van der Waals surface area contributed by atoms with Crippen molar-refractivity contribution < 1.29 is 9.13 Å². The number of benzene rings is 3. The van der Waals surface area contributed by atoms with Gasteiger partial charge in [-0.1, -0.05) is 44.2 Å². The number of rotatable bonds is 9. The number of nitrogens with one attached hydrogen (secondary N) is 2. The van der Waals surface area contributed by atoms with Crippen molar-refractivity contribution in [1.29, 1.82) is 0 Å². The van der Waals surface area contributed by atoms with Crippen LogP contribution in [0.4, 0.5) is 4.39 Å². The highest BCUT2D eigenvalue weighted by Crippen LogP contribution is 2.29. The first-order valence-electron chi connectivity index (χ1n) is 12.9. The quantitative estimate of drug-likeness (QED) is 0.322. The van der Waals surface area contributed by atoms with Crippen molar-refractivity contribution in [3.8, 4) is 5.75 Å². The maximum atomic E-state index is 13.5. The molecule has 0 bridgehead atoms. The van der Waals surface area contributed by atoms with E-state index in [-0.39, 0.29) is 18.0 Å². The van der Waals surface area contributed by atoms with Crippen molar-refractivity contribution in [2.75, 3.05) is 6.54 Å². The predicted octanol–water partition coefficient (Wildman–Crippen LogP) is 5.67. The molecule has 1 aliphatic rings. The van der Waals surface area contributed by atoms with Gasteiger partial charge in [-0.15, -0.1) is 0 Å². The van der Waals surface area contributed by atoms with E-state index in [0.717, 1.165) is 55.2 Å². The molecule has 1 heterocycles. The zero-order chi connectivity index (χ0) is 25.1. The third-order valence-corrected chi connectivity index (χ3v) is 7.27. The minimum Gasteiger partial charge on any atom is -0.487 e. The Morgan fingerprint density at radius 2 is 1.69 bits per heavy atom. The maximum absolute atomic E-state index is 13.5. The molecule has 5 heteroatoms. The van der Waals surface area contributed by atoms with Gasteiger partial charge in [-0.25, -0.2) is 4.39 Å². The van der Waals surface area contributed by atoms with Gasteiger partial charge >= 0.3 is 0 Å². The number of fused-ring (bicyclic) bond motifs is 2. The zero-order valence-electron chi connectivity index (χ0n) is 21.0. The summed E-state index contributed by atoms with van der Waals surface area (Å²) in [5.41, 5.74) is 8.36. The second-order valence-electron chi connectivity index (χ2n) is 9.66. The van der Waals surface area contributed by atoms with E-state index >= 15 is 0 Å². The molecular weight excluding hydrogens is 451 g/mol. The number of aromatic nitrogens is 1. The van der Waals surface area contributed by atoms with Crippen molar-refractivity contribution in [1.82, 2.24) is 10.3 Å². The number of aromatic amines is 1. The Hall–Kier alpha value is -3.44. The highest BCUT2D eigenvalue weighted by molar-refractivity contribution is 5.87. The molecule has 0 amide bonds. The zero-order valence-corrected chi connectivity index (χ0v) is 21.0. The van der Waals surface area contributed by atoms with Gasteiger partial charge in [0.05, 0.1) is 5.52 Å². The van der Waals surface area contributed by atoms with Gasteiger partial charge in [0.15, 0.2) is 0 Å². The molecule has 0 fully saturated rings. The molecule has 0 atom stereocenters. The molecule has 0 spiro atoms. The molecule has 3 aromatic carbocycles. The summed E-state index contributed by atoms with van der Waals surface area (Å²) in [5.74, 6) is 0.299. The number of H-pyrrole nitrogens is 1. The molecule has 4 nitrogen and oxygen atoms in total. The van der Waals surface area contributed by atoms with Crippen LogP contribution in [0.25, 0.3) is 10.9 Å². The van der Waals surface area contributed by atoms with Crippen LogP contribution in [0.15, 0.2) is 65.5 Å². The second-order valence-corrected chi connectivity index (χ2v) is 9.66. The van der Waals surface area contributed by atoms with Crippen LogP contribution in [0.2, 0.25) is 0 Å². The summed E-state index contributed by atoms with van der Waals surface area (Å²) in [6.07, 6.45) is 5.18. The Morgan fingerprint density at radius 3 is 2.39 bits per heavy atom. The van der Waals surface area contributed by atoms with Gasteiger partial charge < -0.3 is 15.0 Å². The molecular formula is C31H33FN2O2. The maximum Gasteiger partial charge on any atom is 0.248 e. The fourth-order valence-electron chi connectivity index (χ4n) is 5.40. The molecule has 0 saturated heterocycles. The van der Waals surface area contributed by atoms with Crippen LogP contribution in [-0.2, 0) is 38.7 Å². The van der Waals surface area contributed by atoms with Gasteiger partial charge in [0, 0.05) is 17.5 Å². The SMILES string of the molecule is CCc1cc2c(cc1CC)CC(NCCc1ccc(OCc3cccc(F)c3)c3[nH]c(=O)ccc13)C2. The van der Waals surface area contributed by atoms with E-state index in [1.54, 1.807) is 12.1 Å². The van der Waals surface area contributed by atoms with Crippen LogP contribution < -0.4 is 15.6 Å². The predicted molar refractivity (Wildman–Crippen MR) is 143 cm³/mol. The Bertz CT molecular complexity index is 1410. The Kier molecular flexibility index (Phi) is 7.19. The summed E-state index contributed by atoms with van der Waals surface area (Å²) >= 11 is 0. The van der Waals surface area contributed by atoms with Gasteiger partial charge in [-0.3, -0.25) is 4.79 Å². The van der Waals surface area contributed by atoms with Gasteiger partial charge in [0.2, 0.25) is 5.56 Å². The normalized spacial score (nSPS) is 13.3. The summed E-state index contributed by atoms with van der Waals surface area (Å²) in [4.78, 5) is 15.0. The van der Waals surface area contributed by atoms with Crippen LogP contribution in [0.3, 0.4) is 0 Å². The second kappa shape index (κ2) is 10.7. The van der Waals surface area contributed by atoms with Gasteiger partial charge in [0.25, 0.3) is 0 Å². The Labute approximate surface area is 211 Å². The van der Waals surface area contributed by atoms with Gasteiger partial charge in [0.1, 0.15) is 18.2 Å². The molecule has 5 rings (SSSR count). The Morgan fingerprint density at radius 1 is 0.944 bits per heavy atom. The van der Waals surface area contributed by atoms with E-state index in [1.165, 1.54) is 34.4 Å². The average Bonchev–Trinajstić information content (AvgIpc) is 3.28. The monoisotopic (exact) mass is 484 g/mol. The first-order chi connectivity index (χ1) is 17.5. The average molecular weight is 485 g/mol. The lowest BCUT2D eigenvalue weighted by Gasteiger charge is -2.15. The summed E-state index contributed by atoms with van der Waals surface area (Å²) < 4.78 is 19.5. The minimum atomic E-state index is -0.292. The van der Waals surface area contributed by atoms with E-state index < -0.39 is 0 Å². The summed E-state index contributed by atoms with van der Waals surface area (Å²) in [6, 6.07) is 19.0. The van der Waals surface area contributed by atoms with Gasteiger partial charge in [-0.05, 0) is 96.3 Å². The molecule has 2 N–H and O–H groups in total. The van der Waals surface area contributed by atoms with Crippen molar-refractivity contribution >= 4 is 10.9 Å². The first kappa shape index (κ1) is 24.3. The van der Waals surface area contributed by atoms with Crippen molar-refractivity contribution in [3.05, 3.63) is 110 Å². The molecule has 186 valence electrons. The largest absolute Gasteiger partial charge is 0.487 e. The lowest BCUT2D eigenvalue weighted by molar-refractivity contribution is 0.308. The highest BCUT2D eigenvalue weighted by atomic mass is 19.1. The molecule has 4 aromatic rings. The number of pyridine rings is 1. The molecule has 1 aromatic heterocycles. The molecule has 0 radical (unpaired) electrons. The van der Waals surface area contributed by atoms with Crippen molar-refractivity contribution in [2.24, 2.45) is 0 Å². The van der Waals surface area contributed by atoms with Crippen LogP contribution in [0, 0.1) is 5.82 Å². The summed E-state index contributed by atoms with van der Waals surface area (Å²) in [5, 5.41) is 4.73. The molecule has 1 aliphatic carbocycles. The van der Waals surface area contributed by atoms with Crippen LogP contribution >= 0.6 is 0 Å². The van der Waals surface area contributed by atoms with E-state index in [1.807, 2.05) is 18.2 Å². The number of hydrogen-bond donors (Lipinski definition) is 2. The minimum absolute atomic E-state index is 0.171. The van der Waals surface area contributed by atoms with Crippen LogP contribution in [-0.4, -0.2) is 17.6 Å². The molecule has 0 saturated carbocycles. The highest BCUT2D eigenvalue weighted by Gasteiger charge is 2.22. The molecule has 36 heavy (non-hydrogen) atoms. The standard InChI is InChI=1S/C31H33FN2O2/c1-3-21-15-24-17-27(18-25(24)16-22(21)4-2)33-13-12-23-8-10-29(31-28(23)9-11-30(35)34-31)36-19-20-6-5-7-26(32)14-20/h5-11,14-16,27,33H,3-4,12-13,17-19H2,1-2H3,(H,34,35). The smallest absolute Gasteiger partial charge is 0.248 e. The number of hydrogen-bond acceptors (Lipinski definition) is 3. The molecule has 0 unspecified atom stereocenters. The van der Waals surface area contributed by atoms with Crippen molar-refractivity contribution in [3.63, 3.8) is 0 Å². The van der Waals surface area contributed by atoms with E-state index in [9.17, 15) is 9.18 Å². The summed E-state index contributed by atoms with van der Waals surface area (Å²) in [7, 11) is 0. The Balaban J connectivity index is 1.26. The van der Waals surface area contributed by atoms with E-state index in [0.29, 0.717) is 17.3 Å². The van der Waals surface area contributed by atoms with Crippen LogP contribution in [0.5, 0.6) is 5.75 Å². The lowest BCUT2D eigenvalue weighted by Crippen LogP contribution is -2.31. The third kappa shape index (κ3) is 5.21. The first-order valence-corrected chi connectivity index (χ1v) is 12.9. The van der Waals surface area contributed by atoms with Crippen molar-refractivity contribution in [2.45, 2.75) is 58.6 Å². The third-order valence-electron chi connectivity index (χ3n) is 7.27. The molecule has 0 aliphatic heterocycles. The van der Waals surface area contributed by atoms with E-state index in [2.05, 4.69) is 42.3 Å². The van der Waals surface area contributed by atoms with Gasteiger partial charge in [-0.2, -0.15) is 0 Å². The number of ether oxygens (including phenoxy) is 1. The van der Waals surface area contributed by atoms with Crippen LogP contribution in [0.1, 0.15) is 47.2 Å². The fourth-order valence-corrected chi connectivity index (χ4v) is 5.40. The summed E-state index contributed by atoms with van der Waals surface area (Å²) in [6.45, 7) is 5.56. The number of halogens is 1. The fraction of sp³-hybridized carbons (Fsp3) is 0.323. The van der Waals surface area contributed by atoms with E-state index in [4.69, 9.17) is 4.74 Å².